The van der Waals surface area contributed by atoms with Crippen LogP contribution in [0.4, 0.5) is 0 Å². The molecule has 2 aliphatic rings. The van der Waals surface area contributed by atoms with Crippen molar-refractivity contribution in [3.05, 3.63) is 11.8 Å². The van der Waals surface area contributed by atoms with Gasteiger partial charge in [-0.3, -0.25) is 0 Å². The van der Waals surface area contributed by atoms with Crippen LogP contribution in [-0.2, 0) is 9.47 Å². The minimum absolute atomic E-state index is 0.0300. The van der Waals surface area contributed by atoms with E-state index in [1.54, 1.807) is 0 Å². The van der Waals surface area contributed by atoms with Gasteiger partial charge in [-0.25, -0.2) is 0 Å². The van der Waals surface area contributed by atoms with Gasteiger partial charge in [0.25, 0.3) is 0 Å². The Balaban J connectivity index is 2.18. The van der Waals surface area contributed by atoms with Crippen LogP contribution >= 0.6 is 0 Å². The van der Waals surface area contributed by atoms with E-state index >= 15 is 0 Å². The minimum Gasteiger partial charge on any atom is -0.501 e. The van der Waals surface area contributed by atoms with Crippen molar-refractivity contribution in [1.82, 2.24) is 5.32 Å². The molecule has 2 rings (SSSR count). The Morgan fingerprint density at radius 3 is 2.44 bits per heavy atom. The summed E-state index contributed by atoms with van der Waals surface area (Å²) in [5, 5.41) is 3.49. The van der Waals surface area contributed by atoms with Crippen LogP contribution in [0.5, 0.6) is 0 Å². The molecule has 1 fully saturated rings. The fraction of sp³-hybridized carbons (Fsp3) is 0.867. The zero-order valence-corrected chi connectivity index (χ0v) is 11.8. The Hall–Kier alpha value is -0.540. The third-order valence-electron chi connectivity index (χ3n) is 4.50. The number of likely N-dealkylation sites (N-methyl/N-ethyl adjacent to an activating group) is 1. The molecule has 0 aromatic heterocycles. The first-order chi connectivity index (χ1) is 8.82. The van der Waals surface area contributed by atoms with E-state index < -0.39 is 0 Å². The van der Waals surface area contributed by atoms with Crippen LogP contribution in [0.2, 0.25) is 0 Å². The summed E-state index contributed by atoms with van der Waals surface area (Å²) in [6, 6.07) is 0.306. The molecule has 0 aromatic rings. The average Bonchev–Trinajstić information content (AvgIpc) is 2.67. The van der Waals surface area contributed by atoms with Crippen molar-refractivity contribution >= 4 is 0 Å². The van der Waals surface area contributed by atoms with E-state index in [0.717, 1.165) is 32.3 Å². The maximum atomic E-state index is 6.01. The highest BCUT2D eigenvalue weighted by molar-refractivity contribution is 5.17. The molecule has 1 aliphatic carbocycles. The van der Waals surface area contributed by atoms with Gasteiger partial charge in [0.15, 0.2) is 0 Å². The van der Waals surface area contributed by atoms with Gasteiger partial charge < -0.3 is 14.8 Å². The highest BCUT2D eigenvalue weighted by Crippen LogP contribution is 2.37. The van der Waals surface area contributed by atoms with Gasteiger partial charge in [0.05, 0.1) is 24.5 Å². The standard InChI is InChI=1S/C15H27NO2/c1-16-14(13-8-7-11-18-12-13)15(17-2)9-5-3-4-6-10-15/h12,14,16H,3-11H2,1-2H3. The van der Waals surface area contributed by atoms with E-state index in [4.69, 9.17) is 9.47 Å². The fourth-order valence-corrected chi connectivity index (χ4v) is 3.52. The van der Waals surface area contributed by atoms with Crippen molar-refractivity contribution in [1.29, 1.82) is 0 Å². The predicted octanol–water partition coefficient (Wildman–Crippen LogP) is 3.01. The lowest BCUT2D eigenvalue weighted by Gasteiger charge is -2.41. The summed E-state index contributed by atoms with van der Waals surface area (Å²) in [4.78, 5) is 0. The molecular weight excluding hydrogens is 226 g/mol. The van der Waals surface area contributed by atoms with Crippen molar-refractivity contribution in [3.63, 3.8) is 0 Å². The zero-order chi connectivity index (χ0) is 12.8. The average molecular weight is 253 g/mol. The van der Waals surface area contributed by atoms with Crippen LogP contribution < -0.4 is 5.32 Å². The molecule has 0 amide bonds. The van der Waals surface area contributed by atoms with Gasteiger partial charge in [0.2, 0.25) is 0 Å². The van der Waals surface area contributed by atoms with Crippen molar-refractivity contribution in [2.45, 2.75) is 63.0 Å². The largest absolute Gasteiger partial charge is 0.501 e. The molecule has 0 spiro atoms. The van der Waals surface area contributed by atoms with Crippen molar-refractivity contribution in [3.8, 4) is 0 Å². The Morgan fingerprint density at radius 2 is 1.94 bits per heavy atom. The van der Waals surface area contributed by atoms with Crippen LogP contribution in [0, 0.1) is 0 Å². The summed E-state index contributed by atoms with van der Waals surface area (Å²) in [6.07, 6.45) is 11.8. The van der Waals surface area contributed by atoms with E-state index in [1.165, 1.54) is 31.3 Å². The Bertz CT molecular complexity index is 280. The highest BCUT2D eigenvalue weighted by atomic mass is 16.5. The van der Waals surface area contributed by atoms with Crippen LogP contribution in [0.1, 0.15) is 51.4 Å². The van der Waals surface area contributed by atoms with Gasteiger partial charge in [-0.15, -0.1) is 0 Å². The molecule has 1 saturated carbocycles. The number of hydrogen-bond acceptors (Lipinski definition) is 3. The molecule has 0 bridgehead atoms. The molecule has 1 unspecified atom stereocenters. The Morgan fingerprint density at radius 1 is 1.22 bits per heavy atom. The first kappa shape index (κ1) is 13.9. The first-order valence-corrected chi connectivity index (χ1v) is 7.35. The van der Waals surface area contributed by atoms with Gasteiger partial charge in [0, 0.05) is 7.11 Å². The maximum Gasteiger partial charge on any atom is 0.0876 e. The fourth-order valence-electron chi connectivity index (χ4n) is 3.52. The lowest BCUT2D eigenvalue weighted by atomic mass is 9.80. The van der Waals surface area contributed by atoms with Crippen LogP contribution in [0.15, 0.2) is 11.8 Å². The smallest absolute Gasteiger partial charge is 0.0876 e. The third kappa shape index (κ3) is 2.89. The molecule has 0 aromatic carbocycles. The molecule has 1 heterocycles. The van der Waals surface area contributed by atoms with E-state index in [2.05, 4.69) is 5.32 Å². The predicted molar refractivity (Wildman–Crippen MR) is 73.6 cm³/mol. The van der Waals surface area contributed by atoms with Gasteiger partial charge in [-0.05, 0) is 38.3 Å². The van der Waals surface area contributed by atoms with Gasteiger partial charge in [0.1, 0.15) is 0 Å². The summed E-state index contributed by atoms with van der Waals surface area (Å²) >= 11 is 0. The van der Waals surface area contributed by atoms with Crippen LogP contribution in [0.25, 0.3) is 0 Å². The summed E-state index contributed by atoms with van der Waals surface area (Å²) in [5.41, 5.74) is 1.35. The van der Waals surface area contributed by atoms with Crippen LogP contribution in [-0.4, -0.2) is 32.4 Å². The number of ether oxygens (including phenoxy) is 2. The normalized spacial score (nSPS) is 25.8. The van der Waals surface area contributed by atoms with Gasteiger partial charge >= 0.3 is 0 Å². The maximum absolute atomic E-state index is 6.01. The first-order valence-electron chi connectivity index (χ1n) is 7.35. The minimum atomic E-state index is -0.0300. The summed E-state index contributed by atoms with van der Waals surface area (Å²) < 4.78 is 11.5. The highest BCUT2D eigenvalue weighted by Gasteiger charge is 2.40. The molecule has 18 heavy (non-hydrogen) atoms. The quantitative estimate of drug-likeness (QED) is 0.781. The molecule has 1 aliphatic heterocycles. The third-order valence-corrected chi connectivity index (χ3v) is 4.50. The van der Waals surface area contributed by atoms with Crippen LogP contribution in [0.3, 0.4) is 0 Å². The monoisotopic (exact) mass is 253 g/mol. The lowest BCUT2D eigenvalue weighted by molar-refractivity contribution is -0.0440. The molecule has 3 nitrogen and oxygen atoms in total. The number of rotatable bonds is 4. The molecule has 1 N–H and O–H groups in total. The second kappa shape index (κ2) is 6.58. The summed E-state index contributed by atoms with van der Waals surface area (Å²) in [5.74, 6) is 0. The molecule has 104 valence electrons. The van der Waals surface area contributed by atoms with Crippen molar-refractivity contribution < 1.29 is 9.47 Å². The molecule has 1 atom stereocenters. The topological polar surface area (TPSA) is 30.5 Å². The Labute approximate surface area is 111 Å². The second-order valence-corrected chi connectivity index (χ2v) is 5.57. The molecular formula is C15H27NO2. The van der Waals surface area contributed by atoms with Crippen molar-refractivity contribution in [2.75, 3.05) is 20.8 Å². The molecule has 0 saturated heterocycles. The number of nitrogens with one attached hydrogen (secondary N) is 1. The lowest BCUT2D eigenvalue weighted by Crippen LogP contribution is -2.52. The zero-order valence-electron chi connectivity index (χ0n) is 11.8. The summed E-state index contributed by atoms with van der Waals surface area (Å²) in [6.45, 7) is 0.861. The number of methoxy groups -OCH3 is 1. The van der Waals surface area contributed by atoms with E-state index in [0.29, 0.717) is 6.04 Å². The summed E-state index contributed by atoms with van der Waals surface area (Å²) in [7, 11) is 3.92. The van der Waals surface area contributed by atoms with Crippen molar-refractivity contribution in [2.24, 2.45) is 0 Å². The Kier molecular flexibility index (Phi) is 5.07. The van der Waals surface area contributed by atoms with Gasteiger partial charge in [-0.1, -0.05) is 25.7 Å². The van der Waals surface area contributed by atoms with Gasteiger partial charge in [-0.2, -0.15) is 0 Å². The van der Waals surface area contributed by atoms with E-state index in [-0.39, 0.29) is 5.60 Å². The number of hydrogen-bond donors (Lipinski definition) is 1. The van der Waals surface area contributed by atoms with E-state index in [9.17, 15) is 0 Å². The second-order valence-electron chi connectivity index (χ2n) is 5.57. The SMILES string of the molecule is CNC(C1=COCCC1)C1(OC)CCCCCC1. The molecule has 0 radical (unpaired) electrons. The molecule has 3 heteroatoms. The van der Waals surface area contributed by atoms with E-state index in [1.807, 2.05) is 20.4 Å².